The van der Waals surface area contributed by atoms with E-state index in [1.807, 2.05) is 0 Å². The molecule has 0 aliphatic heterocycles. The Bertz CT molecular complexity index is 704. The van der Waals surface area contributed by atoms with Gasteiger partial charge in [-0.15, -0.1) is 13.2 Å². The average molecular weight is 322 g/mol. The lowest BCUT2D eigenvalue weighted by Gasteiger charge is -2.10. The monoisotopic (exact) mass is 322 g/mol. The number of carbonyl (C=O) groups excluding carboxylic acids is 1. The highest BCUT2D eigenvalue weighted by atomic mass is 19.4. The Kier molecular flexibility index (Phi) is 5.05. The minimum absolute atomic E-state index is 0.159. The second-order valence-corrected chi connectivity index (χ2v) is 4.51. The number of rotatable bonds is 5. The van der Waals surface area contributed by atoms with Gasteiger partial charge in [0.25, 0.3) is 0 Å². The van der Waals surface area contributed by atoms with Crippen LogP contribution in [-0.4, -0.2) is 19.3 Å². The van der Waals surface area contributed by atoms with E-state index < -0.39 is 6.36 Å². The minimum Gasteiger partial charge on any atom is -0.497 e. The van der Waals surface area contributed by atoms with Gasteiger partial charge in [-0.3, -0.25) is 4.79 Å². The SMILES string of the molecule is COc1ccc(C(=O)/C=C/c2ccccc2OC(F)(F)F)cc1. The van der Waals surface area contributed by atoms with E-state index in [-0.39, 0.29) is 17.1 Å². The van der Waals surface area contributed by atoms with Gasteiger partial charge in [0.05, 0.1) is 7.11 Å². The average Bonchev–Trinajstić information content (AvgIpc) is 2.52. The summed E-state index contributed by atoms with van der Waals surface area (Å²) >= 11 is 0. The molecule has 0 saturated heterocycles. The van der Waals surface area contributed by atoms with Crippen molar-refractivity contribution in [1.82, 2.24) is 0 Å². The second kappa shape index (κ2) is 7.00. The number of hydrogen-bond acceptors (Lipinski definition) is 3. The highest BCUT2D eigenvalue weighted by Gasteiger charge is 2.31. The van der Waals surface area contributed by atoms with Crippen LogP contribution in [0, 0.1) is 0 Å². The van der Waals surface area contributed by atoms with Crippen LogP contribution in [0.2, 0.25) is 0 Å². The van der Waals surface area contributed by atoms with E-state index in [2.05, 4.69) is 4.74 Å². The molecular weight excluding hydrogens is 309 g/mol. The van der Waals surface area contributed by atoms with Crippen LogP contribution in [0.1, 0.15) is 15.9 Å². The van der Waals surface area contributed by atoms with Crippen molar-refractivity contribution < 1.29 is 27.4 Å². The summed E-state index contributed by atoms with van der Waals surface area (Å²) in [5.74, 6) is -0.0947. The normalized spacial score (nSPS) is 11.5. The van der Waals surface area contributed by atoms with Crippen molar-refractivity contribution in [3.8, 4) is 11.5 Å². The van der Waals surface area contributed by atoms with E-state index in [0.29, 0.717) is 11.3 Å². The lowest BCUT2D eigenvalue weighted by Crippen LogP contribution is -2.17. The maximum Gasteiger partial charge on any atom is 0.573 e. The van der Waals surface area contributed by atoms with Crippen molar-refractivity contribution in [1.29, 1.82) is 0 Å². The van der Waals surface area contributed by atoms with Crippen LogP contribution in [-0.2, 0) is 0 Å². The summed E-state index contributed by atoms with van der Waals surface area (Å²) in [6.45, 7) is 0. The van der Waals surface area contributed by atoms with Gasteiger partial charge in [0.1, 0.15) is 11.5 Å². The molecule has 23 heavy (non-hydrogen) atoms. The Labute approximate surface area is 131 Å². The summed E-state index contributed by atoms with van der Waals surface area (Å²) in [6.07, 6.45) is -2.31. The molecule has 0 aliphatic rings. The van der Waals surface area contributed by atoms with Gasteiger partial charge in [0.15, 0.2) is 5.78 Å². The molecule has 0 radical (unpaired) electrons. The maximum atomic E-state index is 12.3. The Morgan fingerprint density at radius 3 is 2.30 bits per heavy atom. The number of para-hydroxylation sites is 1. The Morgan fingerprint density at radius 1 is 1.04 bits per heavy atom. The fraction of sp³-hybridized carbons (Fsp3) is 0.118. The third-order valence-corrected chi connectivity index (χ3v) is 2.93. The highest BCUT2D eigenvalue weighted by molar-refractivity contribution is 6.07. The third-order valence-electron chi connectivity index (χ3n) is 2.93. The lowest BCUT2D eigenvalue weighted by molar-refractivity contribution is -0.274. The van der Waals surface area contributed by atoms with Crippen molar-refractivity contribution in [2.24, 2.45) is 0 Å². The van der Waals surface area contributed by atoms with E-state index in [1.165, 1.54) is 37.5 Å². The molecule has 2 aromatic rings. The molecule has 6 heteroatoms. The van der Waals surface area contributed by atoms with Gasteiger partial charge in [0, 0.05) is 11.1 Å². The summed E-state index contributed by atoms with van der Waals surface area (Å²) < 4.78 is 45.9. The molecule has 0 N–H and O–H groups in total. The zero-order valence-corrected chi connectivity index (χ0v) is 12.1. The van der Waals surface area contributed by atoms with Crippen LogP contribution in [0.5, 0.6) is 11.5 Å². The number of benzene rings is 2. The predicted molar refractivity (Wildman–Crippen MR) is 79.5 cm³/mol. The molecule has 0 aliphatic carbocycles. The number of alkyl halides is 3. The Balaban J connectivity index is 2.17. The number of allylic oxidation sites excluding steroid dienone is 1. The summed E-state index contributed by atoms with van der Waals surface area (Å²) in [5, 5.41) is 0. The Hall–Kier alpha value is -2.76. The van der Waals surface area contributed by atoms with Gasteiger partial charge >= 0.3 is 6.36 Å². The predicted octanol–water partition coefficient (Wildman–Crippen LogP) is 4.49. The van der Waals surface area contributed by atoms with Crippen LogP contribution in [0.4, 0.5) is 13.2 Å². The summed E-state index contributed by atoms with van der Waals surface area (Å²) in [7, 11) is 1.51. The molecule has 2 aromatic carbocycles. The summed E-state index contributed by atoms with van der Waals surface area (Å²) in [6, 6.07) is 12.0. The van der Waals surface area contributed by atoms with Gasteiger partial charge in [-0.05, 0) is 42.5 Å². The first-order valence-electron chi connectivity index (χ1n) is 6.60. The topological polar surface area (TPSA) is 35.5 Å². The van der Waals surface area contributed by atoms with Crippen LogP contribution in [0.15, 0.2) is 54.6 Å². The van der Waals surface area contributed by atoms with Gasteiger partial charge in [-0.1, -0.05) is 18.2 Å². The van der Waals surface area contributed by atoms with E-state index >= 15 is 0 Å². The minimum atomic E-state index is -4.79. The fourth-order valence-corrected chi connectivity index (χ4v) is 1.85. The molecule has 120 valence electrons. The van der Waals surface area contributed by atoms with Gasteiger partial charge < -0.3 is 9.47 Å². The van der Waals surface area contributed by atoms with Crippen molar-refractivity contribution in [2.75, 3.05) is 7.11 Å². The van der Waals surface area contributed by atoms with Gasteiger partial charge in [0.2, 0.25) is 0 Å². The molecule has 0 heterocycles. The molecule has 0 atom stereocenters. The first-order valence-corrected chi connectivity index (χ1v) is 6.60. The molecule has 0 amide bonds. The van der Waals surface area contributed by atoms with Crippen molar-refractivity contribution >= 4 is 11.9 Å². The second-order valence-electron chi connectivity index (χ2n) is 4.51. The van der Waals surface area contributed by atoms with Crippen molar-refractivity contribution in [2.45, 2.75) is 6.36 Å². The number of ether oxygens (including phenoxy) is 2. The smallest absolute Gasteiger partial charge is 0.497 e. The standard InChI is InChI=1S/C17H13F3O3/c1-22-14-9-6-12(7-10-14)15(21)11-8-13-4-2-3-5-16(13)23-17(18,19)20/h2-11H,1H3/b11-8+. The maximum absolute atomic E-state index is 12.3. The largest absolute Gasteiger partial charge is 0.573 e. The number of ketones is 1. The van der Waals surface area contributed by atoms with Crippen LogP contribution >= 0.6 is 0 Å². The Morgan fingerprint density at radius 2 is 1.70 bits per heavy atom. The van der Waals surface area contributed by atoms with Crippen molar-refractivity contribution in [3.05, 3.63) is 65.7 Å². The van der Waals surface area contributed by atoms with Crippen LogP contribution in [0.3, 0.4) is 0 Å². The zero-order chi connectivity index (χ0) is 16.9. The molecule has 3 nitrogen and oxygen atoms in total. The van der Waals surface area contributed by atoms with Gasteiger partial charge in [-0.25, -0.2) is 0 Å². The van der Waals surface area contributed by atoms with Gasteiger partial charge in [-0.2, -0.15) is 0 Å². The summed E-state index contributed by atoms with van der Waals surface area (Å²) in [5.41, 5.74) is 0.558. The molecule has 0 saturated carbocycles. The molecule has 0 bridgehead atoms. The van der Waals surface area contributed by atoms with E-state index in [1.54, 1.807) is 30.3 Å². The lowest BCUT2D eigenvalue weighted by atomic mass is 10.1. The third kappa shape index (κ3) is 4.88. The highest BCUT2D eigenvalue weighted by Crippen LogP contribution is 2.27. The quantitative estimate of drug-likeness (QED) is 0.601. The van der Waals surface area contributed by atoms with E-state index in [9.17, 15) is 18.0 Å². The van der Waals surface area contributed by atoms with Crippen LogP contribution < -0.4 is 9.47 Å². The molecule has 0 aromatic heterocycles. The number of hydrogen-bond donors (Lipinski definition) is 0. The number of halogens is 3. The van der Waals surface area contributed by atoms with Crippen LogP contribution in [0.25, 0.3) is 6.08 Å². The molecule has 0 unspecified atom stereocenters. The fourth-order valence-electron chi connectivity index (χ4n) is 1.85. The zero-order valence-electron chi connectivity index (χ0n) is 12.1. The molecular formula is C17H13F3O3. The molecule has 0 fully saturated rings. The van der Waals surface area contributed by atoms with E-state index in [0.717, 1.165) is 0 Å². The van der Waals surface area contributed by atoms with Crippen molar-refractivity contribution in [3.63, 3.8) is 0 Å². The molecule has 0 spiro atoms. The van der Waals surface area contributed by atoms with E-state index in [4.69, 9.17) is 4.74 Å². The first kappa shape index (κ1) is 16.6. The summed E-state index contributed by atoms with van der Waals surface area (Å²) in [4.78, 5) is 12.0. The number of carbonyl (C=O) groups is 1. The number of methoxy groups -OCH3 is 1. The first-order chi connectivity index (χ1) is 10.9. The molecule has 2 rings (SSSR count).